The lowest BCUT2D eigenvalue weighted by atomic mass is 10.0. The van der Waals surface area contributed by atoms with Gasteiger partial charge in [-0.05, 0) is 37.4 Å². The van der Waals surface area contributed by atoms with Gasteiger partial charge in [0, 0.05) is 12.5 Å². The molecule has 1 aliphatic rings. The van der Waals surface area contributed by atoms with Crippen LogP contribution in [0.1, 0.15) is 36.9 Å². The van der Waals surface area contributed by atoms with Crippen LogP contribution in [0.25, 0.3) is 0 Å². The molecular weight excluding hydrogens is 208 g/mol. The first-order valence-electron chi connectivity index (χ1n) is 5.75. The van der Waals surface area contributed by atoms with Crippen LogP contribution in [-0.2, 0) is 6.42 Å². The van der Waals surface area contributed by atoms with E-state index in [0.717, 1.165) is 19.9 Å². The quantitative estimate of drug-likeness (QED) is 0.832. The van der Waals surface area contributed by atoms with Crippen molar-refractivity contribution in [1.29, 1.82) is 0 Å². The van der Waals surface area contributed by atoms with Gasteiger partial charge in [0.05, 0.1) is 0 Å². The lowest BCUT2D eigenvalue weighted by Gasteiger charge is -2.13. The molecule has 1 unspecified atom stereocenters. The third kappa shape index (κ3) is 3.01. The Labute approximate surface area is 94.9 Å². The van der Waals surface area contributed by atoms with Gasteiger partial charge in [0.15, 0.2) is 0 Å². The number of hydrogen-bond acceptors (Lipinski definition) is 1. The van der Waals surface area contributed by atoms with Crippen molar-refractivity contribution < 1.29 is 8.78 Å². The normalized spacial score (nSPS) is 21.3. The number of nitrogens with one attached hydrogen (secondary N) is 1. The Kier molecular flexibility index (Phi) is 3.24. The number of hydrogen-bond donors (Lipinski definition) is 1. The molecule has 1 N–H and O–H groups in total. The van der Waals surface area contributed by atoms with E-state index in [4.69, 9.17) is 0 Å². The van der Waals surface area contributed by atoms with Gasteiger partial charge in [-0.3, -0.25) is 0 Å². The van der Waals surface area contributed by atoms with Crippen LogP contribution in [0, 0.1) is 0 Å². The van der Waals surface area contributed by atoms with E-state index in [1.165, 1.54) is 12.0 Å². The molecule has 88 valence electrons. The van der Waals surface area contributed by atoms with Gasteiger partial charge in [-0.15, -0.1) is 0 Å². The maximum Gasteiger partial charge on any atom is 0.249 e. The standard InChI is InChI=1S/C13H17F2N/c1-13(14,15)9-10-4-6-11(7-5-10)12-3-2-8-16-12/h4-7,12,16H,2-3,8-9H2,1H3. The molecule has 0 radical (unpaired) electrons. The van der Waals surface area contributed by atoms with Gasteiger partial charge in [0.25, 0.3) is 0 Å². The predicted molar refractivity (Wildman–Crippen MR) is 60.7 cm³/mol. The van der Waals surface area contributed by atoms with E-state index in [-0.39, 0.29) is 6.42 Å². The maximum atomic E-state index is 12.8. The fourth-order valence-electron chi connectivity index (χ4n) is 2.20. The molecule has 1 aromatic rings. The van der Waals surface area contributed by atoms with E-state index in [9.17, 15) is 8.78 Å². The topological polar surface area (TPSA) is 12.0 Å². The first-order chi connectivity index (χ1) is 7.54. The van der Waals surface area contributed by atoms with E-state index < -0.39 is 5.92 Å². The molecule has 0 aromatic heterocycles. The van der Waals surface area contributed by atoms with Crippen molar-refractivity contribution in [3.8, 4) is 0 Å². The monoisotopic (exact) mass is 225 g/mol. The van der Waals surface area contributed by atoms with Gasteiger partial charge in [0.1, 0.15) is 0 Å². The van der Waals surface area contributed by atoms with Crippen molar-refractivity contribution in [2.75, 3.05) is 6.54 Å². The Balaban J connectivity index is 2.04. The molecule has 1 saturated heterocycles. The molecular formula is C13H17F2N. The van der Waals surface area contributed by atoms with Crippen LogP contribution < -0.4 is 5.32 Å². The van der Waals surface area contributed by atoms with Gasteiger partial charge in [0.2, 0.25) is 5.92 Å². The fraction of sp³-hybridized carbons (Fsp3) is 0.538. The first-order valence-corrected chi connectivity index (χ1v) is 5.75. The Morgan fingerprint density at radius 3 is 2.50 bits per heavy atom. The Bertz CT molecular complexity index is 334. The maximum absolute atomic E-state index is 12.8. The average molecular weight is 225 g/mol. The molecule has 1 aliphatic heterocycles. The first kappa shape index (κ1) is 11.5. The lowest BCUT2D eigenvalue weighted by Crippen LogP contribution is -2.14. The second kappa shape index (κ2) is 4.50. The van der Waals surface area contributed by atoms with Gasteiger partial charge in [-0.2, -0.15) is 0 Å². The second-order valence-corrected chi connectivity index (χ2v) is 4.64. The number of benzene rings is 1. The number of rotatable bonds is 3. The number of alkyl halides is 2. The largest absolute Gasteiger partial charge is 0.310 e. The SMILES string of the molecule is CC(F)(F)Cc1ccc(C2CCCN2)cc1. The molecule has 1 fully saturated rings. The minimum atomic E-state index is -2.62. The van der Waals surface area contributed by atoms with Crippen molar-refractivity contribution in [2.24, 2.45) is 0 Å². The average Bonchev–Trinajstić information content (AvgIpc) is 2.69. The highest BCUT2D eigenvalue weighted by Gasteiger charge is 2.22. The summed E-state index contributed by atoms with van der Waals surface area (Å²) in [5, 5.41) is 3.39. The summed E-state index contributed by atoms with van der Waals surface area (Å²) in [6.45, 7) is 2.01. The second-order valence-electron chi connectivity index (χ2n) is 4.64. The molecule has 1 heterocycles. The highest BCUT2D eigenvalue weighted by atomic mass is 19.3. The molecule has 1 atom stereocenters. The van der Waals surface area contributed by atoms with Crippen LogP contribution in [-0.4, -0.2) is 12.5 Å². The van der Waals surface area contributed by atoms with E-state index >= 15 is 0 Å². The molecule has 0 aliphatic carbocycles. The van der Waals surface area contributed by atoms with E-state index in [2.05, 4.69) is 5.32 Å². The molecule has 1 nitrogen and oxygen atoms in total. The van der Waals surface area contributed by atoms with Gasteiger partial charge >= 0.3 is 0 Å². The minimum absolute atomic E-state index is 0.175. The minimum Gasteiger partial charge on any atom is -0.310 e. The van der Waals surface area contributed by atoms with E-state index in [1.807, 2.05) is 24.3 Å². The summed E-state index contributed by atoms with van der Waals surface area (Å²) in [7, 11) is 0. The Morgan fingerprint density at radius 1 is 1.31 bits per heavy atom. The van der Waals surface area contributed by atoms with Crippen LogP contribution in [0.5, 0.6) is 0 Å². The summed E-state index contributed by atoms with van der Waals surface area (Å²) in [6, 6.07) is 7.96. The van der Waals surface area contributed by atoms with Gasteiger partial charge in [-0.25, -0.2) is 8.78 Å². The third-order valence-electron chi connectivity index (χ3n) is 2.96. The van der Waals surface area contributed by atoms with Crippen molar-refractivity contribution in [1.82, 2.24) is 5.32 Å². The van der Waals surface area contributed by atoms with Crippen molar-refractivity contribution >= 4 is 0 Å². The van der Waals surface area contributed by atoms with Crippen molar-refractivity contribution in [2.45, 2.75) is 38.2 Å². The fourth-order valence-corrected chi connectivity index (χ4v) is 2.20. The zero-order valence-corrected chi connectivity index (χ0v) is 9.47. The third-order valence-corrected chi connectivity index (χ3v) is 2.96. The molecule has 16 heavy (non-hydrogen) atoms. The zero-order valence-electron chi connectivity index (χ0n) is 9.47. The zero-order chi connectivity index (χ0) is 11.6. The van der Waals surface area contributed by atoms with Crippen molar-refractivity contribution in [3.63, 3.8) is 0 Å². The molecule has 0 spiro atoms. The summed E-state index contributed by atoms with van der Waals surface area (Å²) in [5.41, 5.74) is 1.91. The summed E-state index contributed by atoms with van der Waals surface area (Å²) >= 11 is 0. The Hall–Kier alpha value is -0.960. The van der Waals surface area contributed by atoms with E-state index in [1.54, 1.807) is 0 Å². The number of halogens is 2. The van der Waals surface area contributed by atoms with Gasteiger partial charge in [-0.1, -0.05) is 24.3 Å². The van der Waals surface area contributed by atoms with Crippen molar-refractivity contribution in [3.05, 3.63) is 35.4 Å². The van der Waals surface area contributed by atoms with Crippen LogP contribution in [0.2, 0.25) is 0 Å². The summed E-state index contributed by atoms with van der Waals surface area (Å²) in [4.78, 5) is 0. The summed E-state index contributed by atoms with van der Waals surface area (Å²) in [6.07, 6.45) is 2.16. The molecule has 1 aromatic carbocycles. The van der Waals surface area contributed by atoms with Crippen LogP contribution in [0.4, 0.5) is 8.78 Å². The molecule has 0 saturated carbocycles. The van der Waals surface area contributed by atoms with Crippen LogP contribution in [0.15, 0.2) is 24.3 Å². The Morgan fingerprint density at radius 2 is 2.00 bits per heavy atom. The molecule has 0 bridgehead atoms. The highest BCUT2D eigenvalue weighted by Crippen LogP contribution is 2.24. The smallest absolute Gasteiger partial charge is 0.249 e. The van der Waals surface area contributed by atoms with E-state index in [0.29, 0.717) is 11.6 Å². The van der Waals surface area contributed by atoms with Crippen LogP contribution in [0.3, 0.4) is 0 Å². The highest BCUT2D eigenvalue weighted by molar-refractivity contribution is 5.26. The summed E-state index contributed by atoms with van der Waals surface area (Å²) < 4.78 is 25.6. The van der Waals surface area contributed by atoms with Crippen LogP contribution >= 0.6 is 0 Å². The predicted octanol–water partition coefficient (Wildman–Crippen LogP) is 3.31. The molecule has 3 heteroatoms. The molecule has 0 amide bonds. The molecule has 2 rings (SSSR count). The summed E-state index contributed by atoms with van der Waals surface area (Å²) in [5.74, 6) is -2.62. The van der Waals surface area contributed by atoms with Gasteiger partial charge < -0.3 is 5.32 Å². The lowest BCUT2D eigenvalue weighted by molar-refractivity contribution is 0.0226.